The van der Waals surface area contributed by atoms with Crippen LogP contribution in [-0.4, -0.2) is 32.4 Å². The molecule has 0 aromatic carbocycles. The van der Waals surface area contributed by atoms with E-state index < -0.39 is 0 Å². The molecule has 0 saturated carbocycles. The highest BCUT2D eigenvalue weighted by molar-refractivity contribution is 5.05. The topological polar surface area (TPSA) is 54.4 Å². The summed E-state index contributed by atoms with van der Waals surface area (Å²) in [6.07, 6.45) is 4.43. The molecule has 1 N–H and O–H groups in total. The largest absolute Gasteiger partial charge is 0.468 e. The minimum absolute atomic E-state index is 0.164. The van der Waals surface area contributed by atoms with Crippen LogP contribution in [0.2, 0.25) is 0 Å². The van der Waals surface area contributed by atoms with Crippen molar-refractivity contribution in [3.63, 3.8) is 0 Å². The number of hydrogen-bond acceptors (Lipinski definition) is 4. The van der Waals surface area contributed by atoms with Crippen LogP contribution in [0.15, 0.2) is 35.1 Å². The zero-order chi connectivity index (χ0) is 12.4. The Balaban J connectivity index is 1.80. The third kappa shape index (κ3) is 2.19. The van der Waals surface area contributed by atoms with Gasteiger partial charge in [-0.05, 0) is 24.6 Å². The standard InChI is InChI=1S/C13H17N3O2/c17-10-12-4-6-16-11(3-5-14-16)8-15(12)9-13-2-1-7-18-13/h1-3,5,7,12,17H,4,6,8-10H2. The number of aliphatic hydroxyl groups excluding tert-OH is 1. The van der Waals surface area contributed by atoms with Gasteiger partial charge < -0.3 is 9.52 Å². The second-order valence-electron chi connectivity index (χ2n) is 4.66. The number of aromatic nitrogens is 2. The van der Waals surface area contributed by atoms with E-state index in [1.165, 1.54) is 5.69 Å². The van der Waals surface area contributed by atoms with Crippen LogP contribution in [0.3, 0.4) is 0 Å². The molecule has 0 radical (unpaired) electrons. The molecule has 1 unspecified atom stereocenters. The number of rotatable bonds is 3. The van der Waals surface area contributed by atoms with Gasteiger partial charge in [-0.3, -0.25) is 9.58 Å². The lowest BCUT2D eigenvalue weighted by Gasteiger charge is -2.26. The van der Waals surface area contributed by atoms with Crippen molar-refractivity contribution >= 4 is 0 Å². The molecule has 0 aliphatic carbocycles. The summed E-state index contributed by atoms with van der Waals surface area (Å²) in [5, 5.41) is 13.8. The molecule has 1 aliphatic heterocycles. The fraction of sp³-hybridized carbons (Fsp3) is 0.462. The van der Waals surface area contributed by atoms with E-state index >= 15 is 0 Å². The molecule has 1 aliphatic rings. The average Bonchev–Trinajstić information content (AvgIpc) is 3.00. The lowest BCUT2D eigenvalue weighted by atomic mass is 10.2. The third-order valence-electron chi connectivity index (χ3n) is 3.51. The van der Waals surface area contributed by atoms with Crippen molar-refractivity contribution in [2.24, 2.45) is 0 Å². The average molecular weight is 247 g/mol. The highest BCUT2D eigenvalue weighted by Crippen LogP contribution is 2.19. The molecule has 2 aromatic rings. The first-order valence-electron chi connectivity index (χ1n) is 6.25. The van der Waals surface area contributed by atoms with Crippen molar-refractivity contribution in [1.82, 2.24) is 14.7 Å². The smallest absolute Gasteiger partial charge is 0.117 e. The first-order chi connectivity index (χ1) is 8.86. The summed E-state index contributed by atoms with van der Waals surface area (Å²) in [5.41, 5.74) is 1.19. The SMILES string of the molecule is OCC1CCn2nccc2CN1Cc1ccco1. The third-order valence-corrected chi connectivity index (χ3v) is 3.51. The fourth-order valence-corrected chi connectivity index (χ4v) is 2.48. The number of aryl methyl sites for hydroxylation is 1. The molecule has 0 spiro atoms. The van der Waals surface area contributed by atoms with E-state index in [0.29, 0.717) is 0 Å². The second-order valence-corrected chi connectivity index (χ2v) is 4.66. The van der Waals surface area contributed by atoms with Gasteiger partial charge in [-0.25, -0.2) is 0 Å². The Morgan fingerprint density at radius 2 is 2.39 bits per heavy atom. The van der Waals surface area contributed by atoms with Crippen molar-refractivity contribution in [2.75, 3.05) is 6.61 Å². The number of furan rings is 1. The summed E-state index contributed by atoms with van der Waals surface area (Å²) in [6, 6.07) is 6.06. The lowest BCUT2D eigenvalue weighted by Crippen LogP contribution is -2.36. The van der Waals surface area contributed by atoms with E-state index in [4.69, 9.17) is 4.42 Å². The second kappa shape index (κ2) is 4.96. The molecule has 0 bridgehead atoms. The van der Waals surface area contributed by atoms with Gasteiger partial charge >= 0.3 is 0 Å². The van der Waals surface area contributed by atoms with Gasteiger partial charge in [0.15, 0.2) is 0 Å². The van der Waals surface area contributed by atoms with Gasteiger partial charge in [0.2, 0.25) is 0 Å². The molecule has 2 aromatic heterocycles. The maximum absolute atomic E-state index is 9.53. The van der Waals surface area contributed by atoms with Gasteiger partial charge in [0, 0.05) is 25.3 Å². The first kappa shape index (κ1) is 11.5. The zero-order valence-electron chi connectivity index (χ0n) is 10.2. The van der Waals surface area contributed by atoms with Crippen LogP contribution in [0.1, 0.15) is 17.9 Å². The van der Waals surface area contributed by atoms with Crippen LogP contribution >= 0.6 is 0 Å². The van der Waals surface area contributed by atoms with E-state index in [2.05, 4.69) is 10.00 Å². The predicted molar refractivity (Wildman–Crippen MR) is 65.7 cm³/mol. The van der Waals surface area contributed by atoms with Gasteiger partial charge in [-0.15, -0.1) is 0 Å². The van der Waals surface area contributed by atoms with E-state index in [0.717, 1.165) is 31.8 Å². The molecule has 3 rings (SSSR count). The number of aliphatic hydroxyl groups is 1. The molecular weight excluding hydrogens is 230 g/mol. The Morgan fingerprint density at radius 1 is 1.44 bits per heavy atom. The molecule has 5 heteroatoms. The van der Waals surface area contributed by atoms with Crippen molar-refractivity contribution in [3.05, 3.63) is 42.1 Å². The van der Waals surface area contributed by atoms with E-state index in [9.17, 15) is 5.11 Å². The lowest BCUT2D eigenvalue weighted by molar-refractivity contribution is 0.101. The number of nitrogens with zero attached hydrogens (tertiary/aromatic N) is 3. The molecule has 3 heterocycles. The molecule has 0 amide bonds. The van der Waals surface area contributed by atoms with Crippen molar-refractivity contribution < 1.29 is 9.52 Å². The highest BCUT2D eigenvalue weighted by atomic mass is 16.3. The van der Waals surface area contributed by atoms with Crippen LogP contribution in [0.25, 0.3) is 0 Å². The van der Waals surface area contributed by atoms with Gasteiger partial charge in [0.25, 0.3) is 0 Å². The van der Waals surface area contributed by atoms with Crippen LogP contribution < -0.4 is 0 Å². The van der Waals surface area contributed by atoms with E-state index in [1.54, 1.807) is 6.26 Å². The Hall–Kier alpha value is -1.59. The van der Waals surface area contributed by atoms with E-state index in [-0.39, 0.29) is 12.6 Å². The molecule has 0 saturated heterocycles. The van der Waals surface area contributed by atoms with Gasteiger partial charge in [0.05, 0.1) is 25.1 Å². The molecule has 18 heavy (non-hydrogen) atoms. The highest BCUT2D eigenvalue weighted by Gasteiger charge is 2.24. The molecule has 1 atom stereocenters. The summed E-state index contributed by atoms with van der Waals surface area (Å²) in [7, 11) is 0. The zero-order valence-corrected chi connectivity index (χ0v) is 10.2. The van der Waals surface area contributed by atoms with E-state index in [1.807, 2.05) is 29.1 Å². The molecule has 5 nitrogen and oxygen atoms in total. The van der Waals surface area contributed by atoms with Gasteiger partial charge in [0.1, 0.15) is 5.76 Å². The Morgan fingerprint density at radius 3 is 3.17 bits per heavy atom. The Kier molecular flexibility index (Phi) is 3.17. The molecule has 0 fully saturated rings. The maximum Gasteiger partial charge on any atom is 0.117 e. The quantitative estimate of drug-likeness (QED) is 0.886. The summed E-state index contributed by atoms with van der Waals surface area (Å²) < 4.78 is 7.41. The Labute approximate surface area is 106 Å². The summed E-state index contributed by atoms with van der Waals surface area (Å²) >= 11 is 0. The number of fused-ring (bicyclic) bond motifs is 1. The molecular formula is C13H17N3O2. The van der Waals surface area contributed by atoms with Gasteiger partial charge in [-0.1, -0.05) is 0 Å². The van der Waals surface area contributed by atoms with Crippen molar-refractivity contribution in [3.8, 4) is 0 Å². The number of hydrogen-bond donors (Lipinski definition) is 1. The van der Waals surface area contributed by atoms with Crippen molar-refractivity contribution in [2.45, 2.75) is 32.1 Å². The minimum atomic E-state index is 0.164. The van der Waals surface area contributed by atoms with Crippen molar-refractivity contribution in [1.29, 1.82) is 0 Å². The van der Waals surface area contributed by atoms with Gasteiger partial charge in [-0.2, -0.15) is 5.10 Å². The fourth-order valence-electron chi connectivity index (χ4n) is 2.48. The van der Waals surface area contributed by atoms with Crippen LogP contribution in [0.5, 0.6) is 0 Å². The normalized spacial score (nSPS) is 20.6. The molecule has 96 valence electrons. The minimum Gasteiger partial charge on any atom is -0.468 e. The Bertz CT molecular complexity index is 492. The summed E-state index contributed by atoms with van der Waals surface area (Å²) in [6.45, 7) is 2.56. The first-order valence-corrected chi connectivity index (χ1v) is 6.25. The summed E-state index contributed by atoms with van der Waals surface area (Å²) in [5.74, 6) is 0.932. The van der Waals surface area contributed by atoms with Crippen LogP contribution in [0, 0.1) is 0 Å². The van der Waals surface area contributed by atoms with Crippen LogP contribution in [0.4, 0.5) is 0 Å². The predicted octanol–water partition coefficient (Wildman–Crippen LogP) is 1.24. The van der Waals surface area contributed by atoms with Crippen LogP contribution in [-0.2, 0) is 19.6 Å². The maximum atomic E-state index is 9.53. The monoisotopic (exact) mass is 247 g/mol. The summed E-state index contributed by atoms with van der Waals surface area (Å²) in [4.78, 5) is 2.25.